The van der Waals surface area contributed by atoms with Crippen LogP contribution in [0.1, 0.15) is 18.1 Å². The first-order chi connectivity index (χ1) is 8.72. The van der Waals surface area contributed by atoms with Crippen LogP contribution in [0.5, 0.6) is 0 Å². The van der Waals surface area contributed by atoms with Crippen LogP contribution in [-0.4, -0.2) is 0 Å². The Bertz CT molecular complexity index is 613. The molecule has 88 valence electrons. The molecule has 0 aliphatic rings. The minimum absolute atomic E-state index is 0.994. The maximum absolute atomic E-state index is 8.77. The van der Waals surface area contributed by atoms with Gasteiger partial charge in [-0.25, -0.2) is 0 Å². The van der Waals surface area contributed by atoms with Crippen LogP contribution < -0.4 is 0 Å². The molecule has 0 heterocycles. The van der Waals surface area contributed by atoms with E-state index >= 15 is 0 Å². The Kier molecular flexibility index (Phi) is 3.60. The highest BCUT2D eigenvalue weighted by molar-refractivity contribution is 5.81. The second-order valence-electron chi connectivity index (χ2n) is 4.37. The highest BCUT2D eigenvalue weighted by Crippen LogP contribution is 2.28. The molecule has 0 aromatic heterocycles. The summed E-state index contributed by atoms with van der Waals surface area (Å²) in [6, 6.07) is 18.7. The van der Waals surface area contributed by atoms with Crippen molar-refractivity contribution in [3.05, 3.63) is 65.7 Å². The van der Waals surface area contributed by atoms with Gasteiger partial charge in [0.25, 0.3) is 0 Å². The summed E-state index contributed by atoms with van der Waals surface area (Å²) >= 11 is 0. The molecule has 18 heavy (non-hydrogen) atoms. The first kappa shape index (κ1) is 12.1. The van der Waals surface area contributed by atoms with Crippen LogP contribution in [0.4, 0.5) is 0 Å². The smallest absolute Gasteiger partial charge is 0.0915 e. The monoisotopic (exact) mass is 233 g/mol. The van der Waals surface area contributed by atoms with Crippen LogP contribution >= 0.6 is 0 Å². The fourth-order valence-corrected chi connectivity index (χ4v) is 1.99. The quantitative estimate of drug-likeness (QED) is 0.696. The van der Waals surface area contributed by atoms with Gasteiger partial charge in [0.1, 0.15) is 0 Å². The van der Waals surface area contributed by atoms with E-state index in [0.29, 0.717) is 0 Å². The molecule has 0 bridgehead atoms. The lowest BCUT2D eigenvalue weighted by Crippen LogP contribution is -1.87. The Balaban J connectivity index is 2.55. The molecule has 0 aliphatic carbocycles. The standard InChI is InChI=1S/C17H15N/c1-13-7-9-15(10-8-13)17-6-4-3-5-16(17)14(2)11-12-18/h3-11H,1-2H3/b14-11+. The lowest BCUT2D eigenvalue weighted by molar-refractivity contribution is 1.46. The van der Waals surface area contributed by atoms with E-state index in [4.69, 9.17) is 5.26 Å². The van der Waals surface area contributed by atoms with Crippen molar-refractivity contribution >= 4 is 5.57 Å². The zero-order valence-corrected chi connectivity index (χ0v) is 10.6. The molecule has 0 amide bonds. The average Bonchev–Trinajstić information content (AvgIpc) is 2.40. The predicted octanol–water partition coefficient (Wildman–Crippen LogP) is 4.59. The maximum atomic E-state index is 8.77. The topological polar surface area (TPSA) is 23.8 Å². The van der Waals surface area contributed by atoms with E-state index in [0.717, 1.165) is 11.1 Å². The Morgan fingerprint density at radius 1 is 1.06 bits per heavy atom. The zero-order chi connectivity index (χ0) is 13.0. The molecule has 0 atom stereocenters. The molecule has 0 spiro atoms. The maximum Gasteiger partial charge on any atom is 0.0915 e. The average molecular weight is 233 g/mol. The highest BCUT2D eigenvalue weighted by Gasteiger charge is 2.05. The Hall–Kier alpha value is -2.33. The molecule has 0 fully saturated rings. The Morgan fingerprint density at radius 3 is 2.39 bits per heavy atom. The molecular weight excluding hydrogens is 218 g/mol. The number of benzene rings is 2. The summed E-state index contributed by atoms with van der Waals surface area (Å²) in [5, 5.41) is 8.77. The second kappa shape index (κ2) is 5.33. The molecule has 2 aromatic rings. The molecular formula is C17H15N. The molecule has 1 heteroatoms. The van der Waals surface area contributed by atoms with Gasteiger partial charge in [0.05, 0.1) is 6.07 Å². The summed E-state index contributed by atoms with van der Waals surface area (Å²) in [5.74, 6) is 0. The van der Waals surface area contributed by atoms with Crippen molar-refractivity contribution in [2.24, 2.45) is 0 Å². The van der Waals surface area contributed by atoms with Crippen molar-refractivity contribution in [3.8, 4) is 17.2 Å². The van der Waals surface area contributed by atoms with E-state index < -0.39 is 0 Å². The van der Waals surface area contributed by atoms with Crippen LogP contribution in [0.25, 0.3) is 16.7 Å². The van der Waals surface area contributed by atoms with Crippen molar-refractivity contribution in [2.45, 2.75) is 13.8 Å². The zero-order valence-electron chi connectivity index (χ0n) is 10.6. The third-order valence-electron chi connectivity index (χ3n) is 3.00. The molecule has 0 radical (unpaired) electrons. The molecule has 0 saturated carbocycles. The number of rotatable bonds is 2. The van der Waals surface area contributed by atoms with Gasteiger partial charge >= 0.3 is 0 Å². The van der Waals surface area contributed by atoms with Crippen LogP contribution in [0.3, 0.4) is 0 Å². The Morgan fingerprint density at radius 2 is 1.72 bits per heavy atom. The van der Waals surface area contributed by atoms with Gasteiger partial charge in [0, 0.05) is 6.08 Å². The van der Waals surface area contributed by atoms with Gasteiger partial charge < -0.3 is 0 Å². The molecule has 0 aliphatic heterocycles. The lowest BCUT2D eigenvalue weighted by atomic mass is 9.95. The number of aryl methyl sites for hydroxylation is 1. The predicted molar refractivity (Wildman–Crippen MR) is 75.9 cm³/mol. The molecule has 0 saturated heterocycles. The fraction of sp³-hybridized carbons (Fsp3) is 0.118. The lowest BCUT2D eigenvalue weighted by Gasteiger charge is -2.09. The largest absolute Gasteiger partial charge is 0.193 e. The summed E-state index contributed by atoms with van der Waals surface area (Å²) in [4.78, 5) is 0. The molecule has 1 nitrogen and oxygen atoms in total. The van der Waals surface area contributed by atoms with Crippen LogP contribution in [0.15, 0.2) is 54.6 Å². The second-order valence-corrected chi connectivity index (χ2v) is 4.37. The third kappa shape index (κ3) is 2.49. The normalized spacial score (nSPS) is 11.1. The Labute approximate surface area is 108 Å². The molecule has 2 rings (SSSR count). The summed E-state index contributed by atoms with van der Waals surface area (Å²) in [6.45, 7) is 4.05. The van der Waals surface area contributed by atoms with Crippen molar-refractivity contribution in [3.63, 3.8) is 0 Å². The summed E-state index contributed by atoms with van der Waals surface area (Å²) < 4.78 is 0. The summed E-state index contributed by atoms with van der Waals surface area (Å²) in [7, 11) is 0. The highest BCUT2D eigenvalue weighted by atomic mass is 14.2. The van der Waals surface area contributed by atoms with Crippen molar-refractivity contribution < 1.29 is 0 Å². The number of nitriles is 1. The first-order valence-corrected chi connectivity index (χ1v) is 5.95. The van der Waals surface area contributed by atoms with Gasteiger partial charge in [-0.1, -0.05) is 54.1 Å². The van der Waals surface area contributed by atoms with Crippen molar-refractivity contribution in [1.82, 2.24) is 0 Å². The fourth-order valence-electron chi connectivity index (χ4n) is 1.99. The van der Waals surface area contributed by atoms with E-state index in [1.54, 1.807) is 6.08 Å². The van der Waals surface area contributed by atoms with Crippen LogP contribution in [0, 0.1) is 18.3 Å². The van der Waals surface area contributed by atoms with Crippen LogP contribution in [-0.2, 0) is 0 Å². The van der Waals surface area contributed by atoms with Crippen molar-refractivity contribution in [1.29, 1.82) is 5.26 Å². The van der Waals surface area contributed by atoms with E-state index in [1.165, 1.54) is 16.7 Å². The van der Waals surface area contributed by atoms with Gasteiger partial charge in [0.15, 0.2) is 0 Å². The number of allylic oxidation sites excluding steroid dienone is 2. The number of nitrogens with zero attached hydrogens (tertiary/aromatic N) is 1. The minimum Gasteiger partial charge on any atom is -0.193 e. The van der Waals surface area contributed by atoms with Gasteiger partial charge in [-0.2, -0.15) is 5.26 Å². The SMILES string of the molecule is C/C(=C\C#N)c1ccccc1-c1ccc(C)cc1. The number of hydrogen-bond donors (Lipinski definition) is 0. The molecule has 0 unspecified atom stereocenters. The van der Waals surface area contributed by atoms with Gasteiger partial charge in [-0.15, -0.1) is 0 Å². The van der Waals surface area contributed by atoms with E-state index in [2.05, 4.69) is 49.4 Å². The van der Waals surface area contributed by atoms with E-state index in [1.807, 2.05) is 19.1 Å². The number of hydrogen-bond acceptors (Lipinski definition) is 1. The van der Waals surface area contributed by atoms with E-state index in [9.17, 15) is 0 Å². The van der Waals surface area contributed by atoms with Gasteiger partial charge in [-0.3, -0.25) is 0 Å². The molecule has 2 aromatic carbocycles. The third-order valence-corrected chi connectivity index (χ3v) is 3.00. The van der Waals surface area contributed by atoms with Crippen LogP contribution in [0.2, 0.25) is 0 Å². The summed E-state index contributed by atoms with van der Waals surface area (Å²) in [5.41, 5.74) is 5.71. The molecule has 0 N–H and O–H groups in total. The summed E-state index contributed by atoms with van der Waals surface area (Å²) in [6.07, 6.45) is 1.59. The first-order valence-electron chi connectivity index (χ1n) is 5.95. The van der Waals surface area contributed by atoms with E-state index in [-0.39, 0.29) is 0 Å². The van der Waals surface area contributed by atoms with Gasteiger partial charge in [-0.05, 0) is 36.1 Å². The van der Waals surface area contributed by atoms with Gasteiger partial charge in [0.2, 0.25) is 0 Å². The minimum atomic E-state index is 0.994. The van der Waals surface area contributed by atoms with Crippen molar-refractivity contribution in [2.75, 3.05) is 0 Å².